The molecule has 0 atom stereocenters. The molecule has 158 valence electrons. The number of ether oxygens (including phenoxy) is 1. The fourth-order valence-corrected chi connectivity index (χ4v) is 3.91. The van der Waals surface area contributed by atoms with Gasteiger partial charge < -0.3 is 14.4 Å². The van der Waals surface area contributed by atoms with E-state index in [4.69, 9.17) is 4.74 Å². The molecule has 6 heteroatoms. The minimum atomic E-state index is -0.529. The standard InChI is InChI=1S/C25H22F2N2O2/c1-4-31-19-8-10-23-21(13-19)24(20-6-5-11-28-15(20)2)25(16(3)30)29(23)14-17-12-18(26)7-9-22(17)27/h5-13,30H,3-4,14H2,1-2H3. The van der Waals surface area contributed by atoms with Crippen molar-refractivity contribution in [3.8, 4) is 16.9 Å². The predicted molar refractivity (Wildman–Crippen MR) is 118 cm³/mol. The van der Waals surface area contributed by atoms with Gasteiger partial charge in [0, 0.05) is 39.5 Å². The lowest BCUT2D eigenvalue weighted by atomic mass is 10.00. The molecule has 0 radical (unpaired) electrons. The van der Waals surface area contributed by atoms with E-state index in [0.717, 1.165) is 40.4 Å². The number of aromatic nitrogens is 2. The van der Waals surface area contributed by atoms with Gasteiger partial charge in [0.15, 0.2) is 0 Å². The number of nitrogens with zero attached hydrogens (tertiary/aromatic N) is 2. The number of hydrogen-bond acceptors (Lipinski definition) is 3. The van der Waals surface area contributed by atoms with E-state index in [1.54, 1.807) is 10.8 Å². The molecule has 0 aliphatic carbocycles. The highest BCUT2D eigenvalue weighted by Crippen LogP contribution is 2.40. The van der Waals surface area contributed by atoms with Crippen molar-refractivity contribution in [3.63, 3.8) is 0 Å². The summed E-state index contributed by atoms with van der Waals surface area (Å²) in [4.78, 5) is 4.38. The summed E-state index contributed by atoms with van der Waals surface area (Å²) in [7, 11) is 0. The zero-order valence-electron chi connectivity index (χ0n) is 17.3. The summed E-state index contributed by atoms with van der Waals surface area (Å²) in [5, 5.41) is 11.4. The zero-order valence-corrected chi connectivity index (χ0v) is 17.3. The predicted octanol–water partition coefficient (Wildman–Crippen LogP) is 6.27. The molecule has 2 aromatic carbocycles. The van der Waals surface area contributed by atoms with Crippen LogP contribution in [0.4, 0.5) is 8.78 Å². The summed E-state index contributed by atoms with van der Waals surface area (Å²) < 4.78 is 35.7. The number of aliphatic hydroxyl groups excluding tert-OH is 1. The fraction of sp³-hybridized carbons (Fsp3) is 0.160. The third-order valence-corrected chi connectivity index (χ3v) is 5.23. The molecule has 0 fully saturated rings. The molecular weight excluding hydrogens is 398 g/mol. The van der Waals surface area contributed by atoms with Crippen molar-refractivity contribution in [2.45, 2.75) is 20.4 Å². The number of hydrogen-bond donors (Lipinski definition) is 1. The maximum Gasteiger partial charge on any atom is 0.132 e. The first kappa shape index (κ1) is 20.6. The maximum atomic E-state index is 14.5. The Balaban J connectivity index is 2.06. The van der Waals surface area contributed by atoms with Gasteiger partial charge in [-0.25, -0.2) is 8.78 Å². The Hall–Kier alpha value is -3.67. The van der Waals surface area contributed by atoms with Crippen LogP contribution in [0.25, 0.3) is 27.8 Å². The SMILES string of the molecule is C=C(O)c1c(-c2cccnc2C)c2cc(OCC)ccc2n1Cc1cc(F)ccc1F. The van der Waals surface area contributed by atoms with Crippen molar-refractivity contribution < 1.29 is 18.6 Å². The van der Waals surface area contributed by atoms with Crippen LogP contribution in [0.15, 0.2) is 61.3 Å². The molecule has 0 aliphatic heterocycles. The van der Waals surface area contributed by atoms with Gasteiger partial charge in [-0.05, 0) is 56.3 Å². The number of aliphatic hydroxyl groups is 1. The summed E-state index contributed by atoms with van der Waals surface area (Å²) in [5.41, 5.74) is 3.61. The van der Waals surface area contributed by atoms with E-state index in [1.807, 2.05) is 44.2 Å². The number of fused-ring (bicyclic) bond motifs is 1. The van der Waals surface area contributed by atoms with Crippen molar-refractivity contribution in [2.24, 2.45) is 0 Å². The molecule has 0 spiro atoms. The highest BCUT2D eigenvalue weighted by atomic mass is 19.1. The third-order valence-electron chi connectivity index (χ3n) is 5.23. The fourth-order valence-electron chi connectivity index (χ4n) is 3.91. The van der Waals surface area contributed by atoms with Crippen LogP contribution >= 0.6 is 0 Å². The minimum Gasteiger partial charge on any atom is -0.506 e. The number of pyridine rings is 1. The lowest BCUT2D eigenvalue weighted by Gasteiger charge is -2.13. The van der Waals surface area contributed by atoms with E-state index >= 15 is 0 Å². The number of rotatable bonds is 6. The molecule has 0 unspecified atom stereocenters. The second kappa shape index (κ2) is 8.22. The Morgan fingerprint density at radius 3 is 2.68 bits per heavy atom. The highest BCUT2D eigenvalue weighted by Gasteiger charge is 2.23. The second-order valence-corrected chi connectivity index (χ2v) is 7.24. The van der Waals surface area contributed by atoms with Gasteiger partial charge in [-0.1, -0.05) is 12.6 Å². The first-order valence-corrected chi connectivity index (χ1v) is 9.94. The van der Waals surface area contributed by atoms with Crippen LogP contribution in [0.2, 0.25) is 0 Å². The molecule has 4 rings (SSSR count). The van der Waals surface area contributed by atoms with Crippen LogP contribution in [-0.2, 0) is 6.54 Å². The maximum absolute atomic E-state index is 14.5. The van der Waals surface area contributed by atoms with Crippen molar-refractivity contribution in [3.05, 3.63) is 89.9 Å². The van der Waals surface area contributed by atoms with Crippen molar-refractivity contribution in [1.29, 1.82) is 0 Å². The molecule has 0 amide bonds. The van der Waals surface area contributed by atoms with E-state index < -0.39 is 11.6 Å². The summed E-state index contributed by atoms with van der Waals surface area (Å²) in [6.45, 7) is 8.04. The van der Waals surface area contributed by atoms with Crippen LogP contribution in [0.1, 0.15) is 23.9 Å². The Morgan fingerprint density at radius 1 is 1.16 bits per heavy atom. The molecule has 2 heterocycles. The third kappa shape index (κ3) is 3.77. The minimum absolute atomic E-state index is 0.0162. The number of aryl methyl sites for hydroxylation is 1. The molecule has 4 aromatic rings. The van der Waals surface area contributed by atoms with Crippen molar-refractivity contribution in [1.82, 2.24) is 9.55 Å². The Bertz CT molecular complexity index is 1290. The zero-order chi connectivity index (χ0) is 22.1. The van der Waals surface area contributed by atoms with E-state index in [1.165, 1.54) is 0 Å². The molecule has 4 nitrogen and oxygen atoms in total. The number of halogens is 2. The lowest BCUT2D eigenvalue weighted by Crippen LogP contribution is -2.06. The largest absolute Gasteiger partial charge is 0.506 e. The quantitative estimate of drug-likeness (QED) is 0.374. The number of benzene rings is 2. The summed E-state index contributed by atoms with van der Waals surface area (Å²) >= 11 is 0. The van der Waals surface area contributed by atoms with Gasteiger partial charge in [-0.15, -0.1) is 0 Å². The first-order chi connectivity index (χ1) is 14.9. The lowest BCUT2D eigenvalue weighted by molar-refractivity contribution is 0.340. The molecule has 1 N–H and O–H groups in total. The molecule has 2 aromatic heterocycles. The average Bonchev–Trinajstić information content (AvgIpc) is 3.05. The summed E-state index contributed by atoms with van der Waals surface area (Å²) in [5.74, 6) is -0.562. The normalized spacial score (nSPS) is 11.1. The molecule has 0 saturated carbocycles. The van der Waals surface area contributed by atoms with Crippen LogP contribution in [-0.4, -0.2) is 21.3 Å². The van der Waals surface area contributed by atoms with E-state index in [2.05, 4.69) is 11.6 Å². The van der Waals surface area contributed by atoms with Gasteiger partial charge in [-0.3, -0.25) is 4.98 Å². The van der Waals surface area contributed by atoms with Crippen LogP contribution < -0.4 is 4.74 Å². The Labute approximate surface area is 179 Å². The van der Waals surface area contributed by atoms with Gasteiger partial charge >= 0.3 is 0 Å². The van der Waals surface area contributed by atoms with Gasteiger partial charge in [0.05, 0.1) is 18.8 Å². The summed E-state index contributed by atoms with van der Waals surface area (Å²) in [6.07, 6.45) is 1.69. The van der Waals surface area contributed by atoms with Crippen LogP contribution in [0, 0.1) is 18.6 Å². The first-order valence-electron chi connectivity index (χ1n) is 9.94. The Kier molecular flexibility index (Phi) is 5.46. The van der Waals surface area contributed by atoms with Gasteiger partial charge in [0.25, 0.3) is 0 Å². The second-order valence-electron chi connectivity index (χ2n) is 7.24. The monoisotopic (exact) mass is 420 g/mol. The highest BCUT2D eigenvalue weighted by molar-refractivity contribution is 6.02. The van der Waals surface area contributed by atoms with Crippen molar-refractivity contribution >= 4 is 16.7 Å². The van der Waals surface area contributed by atoms with E-state index in [9.17, 15) is 13.9 Å². The smallest absolute Gasteiger partial charge is 0.132 e. The van der Waals surface area contributed by atoms with Crippen molar-refractivity contribution in [2.75, 3.05) is 6.61 Å². The molecule has 0 bridgehead atoms. The van der Waals surface area contributed by atoms with E-state index in [-0.39, 0.29) is 17.9 Å². The van der Waals surface area contributed by atoms with Gasteiger partial charge in [0.1, 0.15) is 23.1 Å². The van der Waals surface area contributed by atoms with Crippen LogP contribution in [0.3, 0.4) is 0 Å². The van der Waals surface area contributed by atoms with E-state index in [0.29, 0.717) is 23.6 Å². The molecule has 0 aliphatic rings. The average molecular weight is 420 g/mol. The molecule has 31 heavy (non-hydrogen) atoms. The summed E-state index contributed by atoms with van der Waals surface area (Å²) in [6, 6.07) is 12.6. The topological polar surface area (TPSA) is 47.3 Å². The van der Waals surface area contributed by atoms with Crippen LogP contribution in [0.5, 0.6) is 5.75 Å². The molecule has 0 saturated heterocycles. The molecular formula is C25H22F2N2O2. The Morgan fingerprint density at radius 2 is 1.97 bits per heavy atom. The van der Waals surface area contributed by atoms with Gasteiger partial charge in [-0.2, -0.15) is 0 Å². The van der Waals surface area contributed by atoms with Gasteiger partial charge in [0.2, 0.25) is 0 Å².